The molecule has 6 rings (SSSR count). The molecule has 1 N–H and O–H groups in total. The summed E-state index contributed by atoms with van der Waals surface area (Å²) < 4.78 is 16.9. The fourth-order valence-corrected chi connectivity index (χ4v) is 5.27. The van der Waals surface area contributed by atoms with Gasteiger partial charge in [-0.1, -0.05) is 6.92 Å². The number of rotatable bonds is 8. The third-order valence-corrected chi connectivity index (χ3v) is 7.54. The van der Waals surface area contributed by atoms with Gasteiger partial charge in [0, 0.05) is 55.0 Å². The largest absolute Gasteiger partial charge is 0.461 e. The molecule has 4 aliphatic rings. The van der Waals surface area contributed by atoms with E-state index in [0.29, 0.717) is 44.8 Å². The first-order valence-corrected chi connectivity index (χ1v) is 13.2. The zero-order valence-corrected chi connectivity index (χ0v) is 21.2. The predicted octanol–water partition coefficient (Wildman–Crippen LogP) is 1.81. The molecule has 0 unspecified atom stereocenters. The van der Waals surface area contributed by atoms with E-state index in [-0.39, 0.29) is 29.3 Å². The molecule has 0 aliphatic carbocycles. The van der Waals surface area contributed by atoms with Gasteiger partial charge in [-0.2, -0.15) is 15.0 Å². The molecule has 2 aromatic rings. The fraction of sp³-hybridized carbons (Fsp3) is 0.615. The number of hydrogen-bond donors (Lipinski definition) is 1. The zero-order chi connectivity index (χ0) is 25.2. The number of amides is 1. The lowest BCUT2D eigenvalue weighted by Gasteiger charge is -2.37. The van der Waals surface area contributed by atoms with E-state index in [9.17, 15) is 4.79 Å². The predicted molar refractivity (Wildman–Crippen MR) is 135 cm³/mol. The number of anilines is 1. The van der Waals surface area contributed by atoms with Crippen molar-refractivity contribution in [2.24, 2.45) is 16.3 Å². The van der Waals surface area contributed by atoms with Crippen molar-refractivity contribution < 1.29 is 19.0 Å². The third-order valence-electron chi connectivity index (χ3n) is 7.54. The number of aromatic nitrogens is 4. The molecule has 1 atom stereocenters. The summed E-state index contributed by atoms with van der Waals surface area (Å²) in [7, 11) is 0. The highest BCUT2D eigenvalue weighted by atomic mass is 16.5. The Morgan fingerprint density at radius 2 is 2.08 bits per heavy atom. The number of pyridine rings is 1. The standard InChI is InChI=1S/C26H33N7O4/c1-26(15-35-16-26)14-29-23(34)22-30-24(32-25(31-22)37-13-18-4-3-11-36-18)33-9-6-17(7-10-33)21-19-5-2-8-27-20(19)12-28-21/h2,5,8,17-18H,3-4,6-7,9-16H2,1H3,(H,29,34)/t18-/m1/s1. The quantitative estimate of drug-likeness (QED) is 0.570. The highest BCUT2D eigenvalue weighted by Crippen LogP contribution is 2.29. The second-order valence-corrected chi connectivity index (χ2v) is 10.6. The van der Waals surface area contributed by atoms with Crippen LogP contribution in [-0.4, -0.2) is 83.7 Å². The molecule has 196 valence electrons. The van der Waals surface area contributed by atoms with Gasteiger partial charge in [0.2, 0.25) is 11.8 Å². The van der Waals surface area contributed by atoms with Crippen LogP contribution in [-0.2, 0) is 16.0 Å². The summed E-state index contributed by atoms with van der Waals surface area (Å²) in [6, 6.07) is 4.25. The van der Waals surface area contributed by atoms with Gasteiger partial charge in [0.25, 0.3) is 5.91 Å². The number of carbonyl (C=O) groups is 1. The van der Waals surface area contributed by atoms with E-state index in [0.717, 1.165) is 56.8 Å². The average Bonchev–Trinajstić information content (AvgIpc) is 3.60. The second-order valence-electron chi connectivity index (χ2n) is 10.6. The topological polar surface area (TPSA) is 124 Å². The van der Waals surface area contributed by atoms with E-state index in [4.69, 9.17) is 19.2 Å². The summed E-state index contributed by atoms with van der Waals surface area (Å²) in [5.41, 5.74) is 3.34. The Morgan fingerprint density at radius 1 is 1.22 bits per heavy atom. The molecule has 37 heavy (non-hydrogen) atoms. The van der Waals surface area contributed by atoms with Crippen molar-refractivity contribution in [3.05, 3.63) is 35.4 Å². The van der Waals surface area contributed by atoms with Crippen LogP contribution in [0.25, 0.3) is 0 Å². The summed E-state index contributed by atoms with van der Waals surface area (Å²) in [5, 5.41) is 2.96. The Balaban J connectivity index is 1.15. The Hall–Kier alpha value is -3.18. The van der Waals surface area contributed by atoms with Gasteiger partial charge in [0.15, 0.2) is 0 Å². The van der Waals surface area contributed by atoms with Gasteiger partial charge in [0.1, 0.15) is 6.61 Å². The van der Waals surface area contributed by atoms with Crippen LogP contribution in [0.2, 0.25) is 0 Å². The smallest absolute Gasteiger partial charge is 0.322 e. The minimum Gasteiger partial charge on any atom is -0.461 e. The molecule has 3 saturated heterocycles. The molecule has 0 bridgehead atoms. The molecule has 3 fully saturated rings. The molecule has 0 spiro atoms. The van der Waals surface area contributed by atoms with Crippen molar-refractivity contribution in [3.63, 3.8) is 0 Å². The van der Waals surface area contributed by atoms with Gasteiger partial charge in [-0.15, -0.1) is 0 Å². The molecule has 0 radical (unpaired) electrons. The van der Waals surface area contributed by atoms with E-state index in [1.807, 2.05) is 12.3 Å². The van der Waals surface area contributed by atoms with Crippen LogP contribution in [0.1, 0.15) is 54.5 Å². The van der Waals surface area contributed by atoms with Crippen LogP contribution in [0, 0.1) is 11.3 Å². The Labute approximate surface area is 216 Å². The summed E-state index contributed by atoms with van der Waals surface area (Å²) in [5.74, 6) is 0.568. The highest BCUT2D eigenvalue weighted by molar-refractivity contribution is 6.04. The van der Waals surface area contributed by atoms with Crippen LogP contribution in [0.3, 0.4) is 0 Å². The number of piperidine rings is 1. The maximum Gasteiger partial charge on any atom is 0.322 e. The number of carbonyl (C=O) groups excluding carboxylic acids is 1. The van der Waals surface area contributed by atoms with Crippen molar-refractivity contribution in [2.75, 3.05) is 51.0 Å². The summed E-state index contributed by atoms with van der Waals surface area (Å²) in [6.07, 6.45) is 5.66. The summed E-state index contributed by atoms with van der Waals surface area (Å²) in [4.78, 5) is 37.8. The Bertz CT molecular complexity index is 1170. The molecule has 2 aromatic heterocycles. The van der Waals surface area contributed by atoms with Crippen molar-refractivity contribution in [1.82, 2.24) is 25.3 Å². The van der Waals surface area contributed by atoms with E-state index in [2.05, 4.69) is 43.1 Å². The van der Waals surface area contributed by atoms with Crippen molar-refractivity contribution in [2.45, 2.75) is 45.3 Å². The van der Waals surface area contributed by atoms with Crippen molar-refractivity contribution in [3.8, 4) is 6.01 Å². The maximum atomic E-state index is 13.0. The second kappa shape index (κ2) is 10.3. The monoisotopic (exact) mass is 507 g/mol. The molecule has 1 amide bonds. The van der Waals surface area contributed by atoms with E-state index >= 15 is 0 Å². The average molecular weight is 508 g/mol. The minimum atomic E-state index is -0.335. The van der Waals surface area contributed by atoms with Crippen LogP contribution < -0.4 is 15.0 Å². The van der Waals surface area contributed by atoms with Crippen molar-refractivity contribution in [1.29, 1.82) is 0 Å². The molecule has 6 heterocycles. The minimum absolute atomic E-state index is 0.0244. The van der Waals surface area contributed by atoms with Gasteiger partial charge >= 0.3 is 6.01 Å². The van der Waals surface area contributed by atoms with Crippen LogP contribution >= 0.6 is 0 Å². The van der Waals surface area contributed by atoms with Gasteiger partial charge in [-0.05, 0) is 37.8 Å². The van der Waals surface area contributed by atoms with Crippen LogP contribution in [0.4, 0.5) is 5.95 Å². The maximum absolute atomic E-state index is 13.0. The SMILES string of the molecule is CC1(CNC(=O)c2nc(OC[C@H]3CCCO3)nc(N3CCC(C4=NCc5ncccc54)CC3)n2)COC1. The first kappa shape index (κ1) is 24.2. The summed E-state index contributed by atoms with van der Waals surface area (Å²) >= 11 is 0. The van der Waals surface area contributed by atoms with E-state index in [1.165, 1.54) is 5.56 Å². The van der Waals surface area contributed by atoms with E-state index < -0.39 is 0 Å². The molecule has 11 nitrogen and oxygen atoms in total. The van der Waals surface area contributed by atoms with Gasteiger partial charge in [0.05, 0.1) is 31.6 Å². The third kappa shape index (κ3) is 5.28. The molecule has 11 heteroatoms. The Morgan fingerprint density at radius 3 is 2.84 bits per heavy atom. The van der Waals surface area contributed by atoms with Crippen molar-refractivity contribution >= 4 is 17.6 Å². The Kier molecular flexibility index (Phi) is 6.72. The van der Waals surface area contributed by atoms with Gasteiger partial charge in [-0.3, -0.25) is 14.8 Å². The lowest BCUT2D eigenvalue weighted by atomic mass is 9.88. The highest BCUT2D eigenvalue weighted by Gasteiger charge is 2.34. The molecule has 0 aromatic carbocycles. The first-order valence-electron chi connectivity index (χ1n) is 13.2. The molecule has 4 aliphatic heterocycles. The number of nitrogens with zero attached hydrogens (tertiary/aromatic N) is 6. The van der Waals surface area contributed by atoms with Gasteiger partial charge < -0.3 is 24.4 Å². The van der Waals surface area contributed by atoms with Crippen LogP contribution in [0.5, 0.6) is 6.01 Å². The molecular weight excluding hydrogens is 474 g/mol. The fourth-order valence-electron chi connectivity index (χ4n) is 5.27. The number of ether oxygens (including phenoxy) is 3. The van der Waals surface area contributed by atoms with E-state index in [1.54, 1.807) is 0 Å². The number of hydrogen-bond acceptors (Lipinski definition) is 10. The number of nitrogens with one attached hydrogen (secondary N) is 1. The molecule has 0 saturated carbocycles. The molecular formula is C26H33N7O4. The first-order chi connectivity index (χ1) is 18.1. The zero-order valence-electron chi connectivity index (χ0n) is 21.2. The summed E-state index contributed by atoms with van der Waals surface area (Å²) in [6.45, 7) is 7.12. The normalized spacial score (nSPS) is 22.8. The number of aliphatic imine (C=N–C) groups is 1. The lowest BCUT2D eigenvalue weighted by molar-refractivity contribution is -0.0978. The van der Waals surface area contributed by atoms with Gasteiger partial charge in [-0.25, -0.2) is 0 Å². The van der Waals surface area contributed by atoms with Crippen LogP contribution in [0.15, 0.2) is 23.3 Å². The number of fused-ring (bicyclic) bond motifs is 1. The lowest BCUT2D eigenvalue weighted by Crippen LogP contribution is -2.48.